The van der Waals surface area contributed by atoms with Crippen LogP contribution in [0.1, 0.15) is 108 Å². The SMILES string of the molecule is CC(C)c1ccc(C#N)cn1.CC(C)c1ccc(OC(F)F)cn1.CC(C)c1ccc(OCC(F)(F)F)cn1.CC(C)c1ncc(OC(F)F)cn1. The fourth-order valence-corrected chi connectivity index (χ4v) is 3.49. The predicted molar refractivity (Wildman–Crippen MR) is 181 cm³/mol. The Morgan fingerprint density at radius 2 is 0.962 bits per heavy atom. The number of ether oxygens (including phenoxy) is 3. The Labute approximate surface area is 299 Å². The fourth-order valence-electron chi connectivity index (χ4n) is 3.49. The summed E-state index contributed by atoms with van der Waals surface area (Å²) in [6, 6.07) is 12.1. The Bertz CT molecular complexity index is 1520. The lowest BCUT2D eigenvalue weighted by atomic mass is 10.1. The average Bonchev–Trinajstić information content (AvgIpc) is 3.08. The molecule has 0 aliphatic rings. The van der Waals surface area contributed by atoms with Gasteiger partial charge in [-0.15, -0.1) is 0 Å². The van der Waals surface area contributed by atoms with Gasteiger partial charge in [0.1, 0.15) is 23.4 Å². The topological polar surface area (TPSA) is 116 Å². The van der Waals surface area contributed by atoms with Crippen molar-refractivity contribution in [2.45, 2.75) is 98.5 Å². The molecule has 0 atom stereocenters. The lowest BCUT2D eigenvalue weighted by molar-refractivity contribution is -0.153. The molecule has 4 aromatic rings. The molecule has 284 valence electrons. The van der Waals surface area contributed by atoms with Gasteiger partial charge < -0.3 is 14.2 Å². The van der Waals surface area contributed by atoms with Gasteiger partial charge in [-0.25, -0.2) is 9.97 Å². The highest BCUT2D eigenvalue weighted by atomic mass is 19.4. The lowest BCUT2D eigenvalue weighted by Crippen LogP contribution is -2.19. The number of halogens is 7. The van der Waals surface area contributed by atoms with Crippen LogP contribution in [0.3, 0.4) is 0 Å². The first-order valence-corrected chi connectivity index (χ1v) is 16.0. The third-order valence-corrected chi connectivity index (χ3v) is 6.23. The normalized spacial score (nSPS) is 10.9. The Hall–Kier alpha value is -5.07. The zero-order chi connectivity index (χ0) is 39.4. The van der Waals surface area contributed by atoms with Gasteiger partial charge in [0.15, 0.2) is 12.4 Å². The Morgan fingerprint density at radius 3 is 1.29 bits per heavy atom. The van der Waals surface area contributed by atoms with Gasteiger partial charge in [-0.2, -0.15) is 36.0 Å². The number of pyridine rings is 3. The van der Waals surface area contributed by atoms with E-state index in [0.717, 1.165) is 17.1 Å². The monoisotopic (exact) mass is 740 g/mol. The van der Waals surface area contributed by atoms with Gasteiger partial charge >= 0.3 is 19.4 Å². The standard InChI is InChI=1S/C10H12F3NO.C9H11F2NO.C9H10N2.C8H10F2N2O/c1-7(2)9-4-3-8(5-14-9)15-6-10(11,12)13;1-6(2)8-4-3-7(5-12-8)13-9(10)11;1-7(2)9-4-3-8(5-10)6-11-9;1-5(2)7-11-3-6(4-12-7)13-8(9)10/h3-5,7H,6H2,1-2H3;3-6,9H,1-2H3;3-4,6-7H,1-2H3;3-5,8H,1-2H3. The van der Waals surface area contributed by atoms with Gasteiger partial charge in [0.05, 0.1) is 30.4 Å². The van der Waals surface area contributed by atoms with Crippen LogP contribution in [0, 0.1) is 11.3 Å². The second-order valence-electron chi connectivity index (χ2n) is 12.0. The number of alkyl halides is 7. The number of rotatable bonds is 10. The molecule has 0 fully saturated rings. The van der Waals surface area contributed by atoms with Crippen LogP contribution in [0.4, 0.5) is 30.7 Å². The third kappa shape index (κ3) is 19.4. The van der Waals surface area contributed by atoms with Crippen LogP contribution in [-0.2, 0) is 0 Å². The summed E-state index contributed by atoms with van der Waals surface area (Å²) in [5, 5.41) is 8.48. The van der Waals surface area contributed by atoms with Crippen molar-refractivity contribution in [1.29, 1.82) is 5.26 Å². The molecule has 0 saturated carbocycles. The molecule has 0 aliphatic carbocycles. The van der Waals surface area contributed by atoms with E-state index in [1.54, 1.807) is 24.4 Å². The summed E-state index contributed by atoms with van der Waals surface area (Å²) < 4.78 is 95.0. The Balaban J connectivity index is 0.000000348. The van der Waals surface area contributed by atoms with Crippen LogP contribution in [0.2, 0.25) is 0 Å². The second kappa shape index (κ2) is 22.7. The summed E-state index contributed by atoms with van der Waals surface area (Å²) in [6.45, 7) is 8.98. The molecule has 52 heavy (non-hydrogen) atoms. The summed E-state index contributed by atoms with van der Waals surface area (Å²) >= 11 is 0. The zero-order valence-corrected chi connectivity index (χ0v) is 30.1. The molecule has 0 saturated heterocycles. The van der Waals surface area contributed by atoms with E-state index in [1.807, 2.05) is 53.7 Å². The molecule has 0 radical (unpaired) electrons. The number of nitrogens with zero attached hydrogens (tertiary/aromatic N) is 6. The highest BCUT2D eigenvalue weighted by Gasteiger charge is 2.28. The van der Waals surface area contributed by atoms with Gasteiger partial charge in [-0.1, -0.05) is 55.4 Å². The van der Waals surface area contributed by atoms with Gasteiger partial charge in [0.2, 0.25) is 0 Å². The molecule has 16 heteroatoms. The maximum absolute atomic E-state index is 11.8. The molecule has 0 bridgehead atoms. The summed E-state index contributed by atoms with van der Waals surface area (Å²) in [4.78, 5) is 19.8. The highest BCUT2D eigenvalue weighted by molar-refractivity contribution is 5.27. The van der Waals surface area contributed by atoms with Crippen molar-refractivity contribution >= 4 is 0 Å². The van der Waals surface area contributed by atoms with Crippen LogP contribution in [0.15, 0.2) is 67.4 Å². The first-order chi connectivity index (χ1) is 24.3. The summed E-state index contributed by atoms with van der Waals surface area (Å²) in [5.74, 6) is 1.99. The van der Waals surface area contributed by atoms with Gasteiger partial charge in [0.25, 0.3) is 0 Å². The molecule has 0 unspecified atom stereocenters. The van der Waals surface area contributed by atoms with E-state index in [0.29, 0.717) is 23.2 Å². The minimum atomic E-state index is -4.31. The van der Waals surface area contributed by atoms with Crippen molar-refractivity contribution in [3.05, 3.63) is 95.9 Å². The number of hydrogen-bond donors (Lipinski definition) is 0. The molecular weight excluding hydrogens is 697 g/mol. The van der Waals surface area contributed by atoms with Crippen LogP contribution in [-0.4, -0.2) is 50.9 Å². The van der Waals surface area contributed by atoms with Crippen molar-refractivity contribution < 1.29 is 44.9 Å². The van der Waals surface area contributed by atoms with Crippen molar-refractivity contribution in [2.24, 2.45) is 0 Å². The molecule has 4 rings (SSSR count). The summed E-state index contributed by atoms with van der Waals surface area (Å²) in [6.07, 6.45) is 2.40. The molecule has 0 aliphatic heterocycles. The first-order valence-electron chi connectivity index (χ1n) is 16.0. The predicted octanol–water partition coefficient (Wildman–Crippen LogP) is 10.2. The van der Waals surface area contributed by atoms with E-state index >= 15 is 0 Å². The molecular formula is C36H43F7N6O3. The van der Waals surface area contributed by atoms with E-state index in [9.17, 15) is 30.7 Å². The molecule has 4 aromatic heterocycles. The number of nitriles is 1. The van der Waals surface area contributed by atoms with Gasteiger partial charge in [-0.05, 0) is 54.2 Å². The van der Waals surface area contributed by atoms with Crippen molar-refractivity contribution in [3.8, 4) is 23.3 Å². The van der Waals surface area contributed by atoms with Crippen LogP contribution >= 0.6 is 0 Å². The average molecular weight is 741 g/mol. The van der Waals surface area contributed by atoms with Crippen LogP contribution < -0.4 is 14.2 Å². The minimum Gasteiger partial charge on any atom is -0.483 e. The number of aromatic nitrogens is 5. The van der Waals surface area contributed by atoms with Crippen molar-refractivity contribution in [2.75, 3.05) is 6.61 Å². The molecule has 4 heterocycles. The smallest absolute Gasteiger partial charge is 0.422 e. The number of hydrogen-bond acceptors (Lipinski definition) is 9. The van der Waals surface area contributed by atoms with E-state index in [1.165, 1.54) is 36.9 Å². The quantitative estimate of drug-likeness (QED) is 0.147. The Kier molecular flexibility index (Phi) is 19.6. The molecule has 0 spiro atoms. The summed E-state index contributed by atoms with van der Waals surface area (Å²) in [7, 11) is 0. The molecule has 0 N–H and O–H groups in total. The molecule has 0 amide bonds. The van der Waals surface area contributed by atoms with Gasteiger partial charge in [0, 0.05) is 29.2 Å². The highest BCUT2D eigenvalue weighted by Crippen LogP contribution is 2.20. The minimum absolute atomic E-state index is 0.0144. The van der Waals surface area contributed by atoms with E-state index < -0.39 is 26.0 Å². The largest absolute Gasteiger partial charge is 0.483 e. The molecule has 0 aromatic carbocycles. The van der Waals surface area contributed by atoms with E-state index in [2.05, 4.69) is 53.0 Å². The van der Waals surface area contributed by atoms with Crippen LogP contribution in [0.25, 0.3) is 0 Å². The van der Waals surface area contributed by atoms with Gasteiger partial charge in [-0.3, -0.25) is 15.0 Å². The maximum atomic E-state index is 11.8. The van der Waals surface area contributed by atoms with E-state index in [-0.39, 0.29) is 29.1 Å². The summed E-state index contributed by atoms with van der Waals surface area (Å²) in [5.41, 5.74) is 3.34. The van der Waals surface area contributed by atoms with Crippen LogP contribution in [0.5, 0.6) is 17.2 Å². The van der Waals surface area contributed by atoms with Crippen molar-refractivity contribution in [3.63, 3.8) is 0 Å². The van der Waals surface area contributed by atoms with E-state index in [4.69, 9.17) is 5.26 Å². The fraction of sp³-hybridized carbons (Fsp3) is 0.444. The molecule has 9 nitrogen and oxygen atoms in total. The second-order valence-corrected chi connectivity index (χ2v) is 12.0. The lowest BCUT2D eigenvalue weighted by Gasteiger charge is -2.09. The third-order valence-electron chi connectivity index (χ3n) is 6.23. The van der Waals surface area contributed by atoms with Crippen molar-refractivity contribution in [1.82, 2.24) is 24.9 Å². The maximum Gasteiger partial charge on any atom is 0.422 e. The zero-order valence-electron chi connectivity index (χ0n) is 30.1. The Morgan fingerprint density at radius 1 is 0.558 bits per heavy atom. The first kappa shape index (κ1) is 45.0.